The first kappa shape index (κ1) is 20.4. The van der Waals surface area contributed by atoms with Crippen molar-refractivity contribution in [3.8, 4) is 0 Å². The van der Waals surface area contributed by atoms with Gasteiger partial charge in [0.1, 0.15) is 0 Å². The minimum atomic E-state index is 0. The van der Waals surface area contributed by atoms with E-state index in [9.17, 15) is 0 Å². The van der Waals surface area contributed by atoms with E-state index in [-0.39, 0.29) is 24.0 Å². The molecule has 1 N–H and O–H groups in total. The van der Waals surface area contributed by atoms with E-state index in [0.717, 1.165) is 28.5 Å². The van der Waals surface area contributed by atoms with Crippen molar-refractivity contribution in [2.45, 2.75) is 26.9 Å². The molecule has 0 aliphatic rings. The van der Waals surface area contributed by atoms with E-state index < -0.39 is 0 Å². The van der Waals surface area contributed by atoms with Gasteiger partial charge in [0.2, 0.25) is 0 Å². The third kappa shape index (κ3) is 5.18. The van der Waals surface area contributed by atoms with Crippen LogP contribution in [0.5, 0.6) is 0 Å². The molecule has 2 rings (SSSR count). The van der Waals surface area contributed by atoms with Crippen LogP contribution in [0.3, 0.4) is 0 Å². The van der Waals surface area contributed by atoms with Crippen molar-refractivity contribution in [3.63, 3.8) is 0 Å². The van der Waals surface area contributed by atoms with Gasteiger partial charge in [0.25, 0.3) is 0 Å². The number of nitrogens with zero attached hydrogens (tertiary/aromatic N) is 4. The lowest BCUT2D eigenvalue weighted by Crippen LogP contribution is -2.38. The van der Waals surface area contributed by atoms with Gasteiger partial charge in [-0.05, 0) is 41.9 Å². The van der Waals surface area contributed by atoms with Crippen molar-refractivity contribution in [1.29, 1.82) is 0 Å². The first-order valence-electron chi connectivity index (χ1n) is 7.07. The standard InChI is InChI=1S/C15H22BrN5S.HI/c1-10-13(11(2)21(5)19-10)8-18-15(17-3)20(4)9-12-6-7-14(16)22-12;/h6-7H,8-9H2,1-5H3,(H,17,18);1H. The van der Waals surface area contributed by atoms with Crippen LogP contribution >= 0.6 is 51.2 Å². The molecule has 0 fully saturated rings. The van der Waals surface area contributed by atoms with Crippen molar-refractivity contribution >= 4 is 57.2 Å². The number of thiophene rings is 1. The Balaban J connectivity index is 0.00000264. The highest BCUT2D eigenvalue weighted by atomic mass is 127. The van der Waals surface area contributed by atoms with Gasteiger partial charge in [0, 0.05) is 43.8 Å². The van der Waals surface area contributed by atoms with Crippen molar-refractivity contribution < 1.29 is 0 Å². The lowest BCUT2D eigenvalue weighted by atomic mass is 10.2. The highest BCUT2D eigenvalue weighted by Crippen LogP contribution is 2.23. The number of aromatic nitrogens is 2. The Morgan fingerprint density at radius 1 is 1.43 bits per heavy atom. The third-order valence-corrected chi connectivity index (χ3v) is 5.29. The van der Waals surface area contributed by atoms with E-state index in [1.54, 1.807) is 11.3 Å². The molecule has 128 valence electrons. The zero-order chi connectivity index (χ0) is 16.3. The molecule has 5 nitrogen and oxygen atoms in total. The molecule has 0 bridgehead atoms. The molecule has 0 amide bonds. The first-order chi connectivity index (χ1) is 10.4. The summed E-state index contributed by atoms with van der Waals surface area (Å²) in [5.41, 5.74) is 3.48. The van der Waals surface area contributed by atoms with Crippen LogP contribution in [0.15, 0.2) is 20.9 Å². The number of aryl methyl sites for hydroxylation is 2. The number of nitrogens with one attached hydrogen (secondary N) is 1. The third-order valence-electron chi connectivity index (χ3n) is 3.68. The second-order valence-corrected chi connectivity index (χ2v) is 7.78. The maximum atomic E-state index is 4.45. The summed E-state index contributed by atoms with van der Waals surface area (Å²) in [6.07, 6.45) is 0. The summed E-state index contributed by atoms with van der Waals surface area (Å²) in [6, 6.07) is 4.21. The largest absolute Gasteiger partial charge is 0.352 e. The van der Waals surface area contributed by atoms with E-state index in [1.807, 2.05) is 32.7 Å². The molecule has 0 spiro atoms. The number of aliphatic imine (C=N–C) groups is 1. The van der Waals surface area contributed by atoms with E-state index in [0.29, 0.717) is 0 Å². The SMILES string of the molecule is CN=C(NCc1c(C)nn(C)c1C)N(C)Cc1ccc(Br)s1.I. The highest BCUT2D eigenvalue weighted by Gasteiger charge is 2.12. The van der Waals surface area contributed by atoms with Crippen molar-refractivity contribution in [2.24, 2.45) is 12.0 Å². The van der Waals surface area contributed by atoms with E-state index in [1.165, 1.54) is 16.1 Å². The average molecular weight is 512 g/mol. The van der Waals surface area contributed by atoms with Gasteiger partial charge in [0.15, 0.2) is 5.96 Å². The smallest absolute Gasteiger partial charge is 0.193 e. The Morgan fingerprint density at radius 3 is 2.61 bits per heavy atom. The van der Waals surface area contributed by atoms with E-state index >= 15 is 0 Å². The van der Waals surface area contributed by atoms with Crippen molar-refractivity contribution in [2.75, 3.05) is 14.1 Å². The van der Waals surface area contributed by atoms with Crippen LogP contribution in [-0.4, -0.2) is 34.7 Å². The molecule has 2 heterocycles. The molecule has 0 saturated heterocycles. The van der Waals surface area contributed by atoms with Gasteiger partial charge in [-0.1, -0.05) is 0 Å². The molecule has 0 saturated carbocycles. The second-order valence-electron chi connectivity index (χ2n) is 5.24. The molecule has 8 heteroatoms. The lowest BCUT2D eigenvalue weighted by molar-refractivity contribution is 0.481. The number of hydrogen-bond donors (Lipinski definition) is 1. The Kier molecular flexibility index (Phi) is 8.02. The van der Waals surface area contributed by atoms with E-state index in [4.69, 9.17) is 0 Å². The second kappa shape index (κ2) is 9.03. The monoisotopic (exact) mass is 511 g/mol. The zero-order valence-electron chi connectivity index (χ0n) is 14.1. The van der Waals surface area contributed by atoms with Crippen LogP contribution in [0.1, 0.15) is 21.8 Å². The summed E-state index contributed by atoms with van der Waals surface area (Å²) < 4.78 is 3.07. The molecule has 2 aromatic heterocycles. The van der Waals surface area contributed by atoms with E-state index in [2.05, 4.69) is 55.3 Å². The summed E-state index contributed by atoms with van der Waals surface area (Å²) in [7, 11) is 5.83. The van der Waals surface area contributed by atoms with Gasteiger partial charge in [-0.2, -0.15) is 5.10 Å². The quantitative estimate of drug-likeness (QED) is 0.387. The normalized spacial score (nSPS) is 11.3. The Labute approximate surface area is 167 Å². The van der Waals surface area contributed by atoms with Crippen molar-refractivity contribution in [1.82, 2.24) is 20.0 Å². The van der Waals surface area contributed by atoms with Crippen LogP contribution in [0.2, 0.25) is 0 Å². The molecule has 0 atom stereocenters. The topological polar surface area (TPSA) is 45.5 Å². The molecule has 0 unspecified atom stereocenters. The summed E-state index contributed by atoms with van der Waals surface area (Å²) >= 11 is 5.25. The fourth-order valence-electron chi connectivity index (χ4n) is 2.37. The van der Waals surface area contributed by atoms with Gasteiger partial charge >= 0.3 is 0 Å². The number of rotatable bonds is 4. The van der Waals surface area contributed by atoms with Gasteiger partial charge in [-0.3, -0.25) is 9.67 Å². The van der Waals surface area contributed by atoms with Gasteiger partial charge in [-0.25, -0.2) is 0 Å². The molecule has 0 aliphatic carbocycles. The number of guanidine groups is 1. The molecule has 0 aromatic carbocycles. The van der Waals surface area contributed by atoms with Crippen LogP contribution in [0.25, 0.3) is 0 Å². The van der Waals surface area contributed by atoms with Gasteiger partial charge in [-0.15, -0.1) is 35.3 Å². The van der Waals surface area contributed by atoms with Crippen LogP contribution in [0.4, 0.5) is 0 Å². The molecular formula is C15H23BrIN5S. The number of hydrogen-bond acceptors (Lipinski definition) is 3. The summed E-state index contributed by atoms with van der Waals surface area (Å²) in [6.45, 7) is 5.70. The maximum Gasteiger partial charge on any atom is 0.193 e. The highest BCUT2D eigenvalue weighted by molar-refractivity contribution is 14.0. The molecule has 0 radical (unpaired) electrons. The molecular weight excluding hydrogens is 489 g/mol. The van der Waals surface area contributed by atoms with Gasteiger partial charge < -0.3 is 10.2 Å². The first-order valence-corrected chi connectivity index (χ1v) is 8.68. The van der Waals surface area contributed by atoms with Crippen LogP contribution in [0, 0.1) is 13.8 Å². The lowest BCUT2D eigenvalue weighted by Gasteiger charge is -2.21. The summed E-state index contributed by atoms with van der Waals surface area (Å²) in [4.78, 5) is 7.79. The molecule has 0 aliphatic heterocycles. The minimum absolute atomic E-state index is 0. The Hall–Kier alpha value is -0.610. The fourth-order valence-corrected chi connectivity index (χ4v) is 3.91. The maximum absolute atomic E-state index is 4.45. The average Bonchev–Trinajstić information content (AvgIpc) is 2.97. The Bertz CT molecular complexity index is 679. The predicted molar refractivity (Wildman–Crippen MR) is 112 cm³/mol. The molecule has 23 heavy (non-hydrogen) atoms. The summed E-state index contributed by atoms with van der Waals surface area (Å²) in [5.74, 6) is 0.882. The molecule has 2 aromatic rings. The zero-order valence-corrected chi connectivity index (χ0v) is 18.8. The summed E-state index contributed by atoms with van der Waals surface area (Å²) in [5, 5.41) is 7.87. The fraction of sp³-hybridized carbons (Fsp3) is 0.467. The number of halogens is 2. The van der Waals surface area contributed by atoms with Crippen molar-refractivity contribution in [3.05, 3.63) is 37.7 Å². The van der Waals surface area contributed by atoms with Crippen LogP contribution < -0.4 is 5.32 Å². The van der Waals surface area contributed by atoms with Crippen LogP contribution in [-0.2, 0) is 20.1 Å². The minimum Gasteiger partial charge on any atom is -0.352 e. The van der Waals surface area contributed by atoms with Gasteiger partial charge in [0.05, 0.1) is 16.0 Å². The predicted octanol–water partition coefficient (Wildman–Crippen LogP) is 3.69. The Morgan fingerprint density at radius 2 is 2.13 bits per heavy atom.